The molecule has 1 aromatic carbocycles. The Morgan fingerprint density at radius 2 is 1.90 bits per heavy atom. The Kier molecular flexibility index (Phi) is 9.42. The second kappa shape index (κ2) is 11.5. The highest BCUT2D eigenvalue weighted by molar-refractivity contribution is 14.0. The molecule has 1 aliphatic heterocycles. The molecule has 1 aliphatic rings. The van der Waals surface area contributed by atoms with Crippen molar-refractivity contribution in [3.63, 3.8) is 0 Å². The van der Waals surface area contributed by atoms with Crippen molar-refractivity contribution in [2.75, 3.05) is 33.4 Å². The van der Waals surface area contributed by atoms with Crippen LogP contribution in [0.5, 0.6) is 0 Å². The molecule has 6 nitrogen and oxygen atoms in total. The van der Waals surface area contributed by atoms with E-state index in [4.69, 9.17) is 4.74 Å². The van der Waals surface area contributed by atoms with Gasteiger partial charge in [0, 0.05) is 51.0 Å². The number of halogens is 1. The van der Waals surface area contributed by atoms with Gasteiger partial charge in [-0.15, -0.1) is 24.0 Å². The van der Waals surface area contributed by atoms with E-state index in [0.29, 0.717) is 0 Å². The molecule has 0 saturated carbocycles. The minimum Gasteiger partial charge on any atom is -0.381 e. The fourth-order valence-corrected chi connectivity index (χ4v) is 3.93. The second-order valence-corrected chi connectivity index (χ2v) is 7.62. The first-order chi connectivity index (χ1) is 13.6. The van der Waals surface area contributed by atoms with E-state index in [-0.39, 0.29) is 29.4 Å². The van der Waals surface area contributed by atoms with Crippen molar-refractivity contribution in [1.82, 2.24) is 20.4 Å². The number of rotatable bonds is 7. The topological polar surface area (TPSA) is 63.5 Å². The van der Waals surface area contributed by atoms with E-state index in [1.165, 1.54) is 11.3 Å². The first-order valence-corrected chi connectivity index (χ1v) is 10.2. The molecule has 0 radical (unpaired) electrons. The normalized spacial score (nSPS) is 16.2. The minimum absolute atomic E-state index is 0. The summed E-state index contributed by atoms with van der Waals surface area (Å²) >= 11 is 0. The predicted octanol–water partition coefficient (Wildman–Crippen LogP) is 3.42. The summed E-state index contributed by atoms with van der Waals surface area (Å²) in [5.41, 5.74) is 3.77. The van der Waals surface area contributed by atoms with Crippen molar-refractivity contribution in [1.29, 1.82) is 0 Å². The molecule has 1 saturated heterocycles. The van der Waals surface area contributed by atoms with Gasteiger partial charge in [0.2, 0.25) is 0 Å². The molecule has 7 heteroatoms. The van der Waals surface area contributed by atoms with Gasteiger partial charge < -0.3 is 15.4 Å². The monoisotopic (exact) mass is 511 g/mol. The summed E-state index contributed by atoms with van der Waals surface area (Å²) < 4.78 is 7.70. The molecule has 160 valence electrons. The van der Waals surface area contributed by atoms with Crippen LogP contribution in [0, 0.1) is 13.8 Å². The zero-order valence-corrected chi connectivity index (χ0v) is 20.1. The van der Waals surface area contributed by atoms with E-state index in [0.717, 1.165) is 63.8 Å². The lowest BCUT2D eigenvalue weighted by atomic mass is 9.74. The van der Waals surface area contributed by atoms with Crippen LogP contribution in [0.4, 0.5) is 0 Å². The minimum atomic E-state index is 0. The van der Waals surface area contributed by atoms with Gasteiger partial charge in [0.25, 0.3) is 0 Å². The third kappa shape index (κ3) is 6.44. The van der Waals surface area contributed by atoms with Gasteiger partial charge in [-0.2, -0.15) is 5.10 Å². The predicted molar refractivity (Wildman–Crippen MR) is 129 cm³/mol. The van der Waals surface area contributed by atoms with Crippen LogP contribution < -0.4 is 10.6 Å². The number of aliphatic imine (C=N–C) groups is 1. The van der Waals surface area contributed by atoms with Crippen LogP contribution in [0.25, 0.3) is 0 Å². The van der Waals surface area contributed by atoms with Crippen molar-refractivity contribution >= 4 is 29.9 Å². The zero-order valence-electron chi connectivity index (χ0n) is 17.8. The van der Waals surface area contributed by atoms with E-state index in [9.17, 15) is 0 Å². The summed E-state index contributed by atoms with van der Waals surface area (Å²) in [6.45, 7) is 8.39. The highest BCUT2D eigenvalue weighted by Crippen LogP contribution is 2.34. The van der Waals surface area contributed by atoms with E-state index in [2.05, 4.69) is 68.7 Å². The van der Waals surface area contributed by atoms with Crippen molar-refractivity contribution in [2.45, 2.75) is 45.1 Å². The average Bonchev–Trinajstić information content (AvgIpc) is 3.05. The van der Waals surface area contributed by atoms with E-state index in [1.54, 1.807) is 0 Å². The highest BCUT2D eigenvalue weighted by atomic mass is 127. The maximum Gasteiger partial charge on any atom is 0.191 e. The molecule has 0 amide bonds. The van der Waals surface area contributed by atoms with Crippen molar-refractivity contribution < 1.29 is 4.74 Å². The van der Waals surface area contributed by atoms with Crippen LogP contribution >= 0.6 is 24.0 Å². The number of hydrogen-bond donors (Lipinski definition) is 2. The van der Waals surface area contributed by atoms with Crippen molar-refractivity contribution in [3.05, 3.63) is 53.3 Å². The van der Waals surface area contributed by atoms with Gasteiger partial charge >= 0.3 is 0 Å². The quantitative estimate of drug-likeness (QED) is 0.259. The van der Waals surface area contributed by atoms with Gasteiger partial charge in [-0.25, -0.2) is 0 Å². The molecule has 1 aromatic heterocycles. The van der Waals surface area contributed by atoms with Crippen LogP contribution in [-0.2, 0) is 16.7 Å². The van der Waals surface area contributed by atoms with E-state index >= 15 is 0 Å². The number of aromatic nitrogens is 2. The maximum absolute atomic E-state index is 5.63. The van der Waals surface area contributed by atoms with Gasteiger partial charge in [0.05, 0.1) is 5.69 Å². The number of nitrogens with zero attached hydrogens (tertiary/aromatic N) is 3. The molecule has 0 aliphatic carbocycles. The summed E-state index contributed by atoms with van der Waals surface area (Å²) in [5.74, 6) is 0.857. The molecule has 29 heavy (non-hydrogen) atoms. The summed E-state index contributed by atoms with van der Waals surface area (Å²) in [4.78, 5) is 4.40. The summed E-state index contributed by atoms with van der Waals surface area (Å²) in [7, 11) is 1.83. The number of guanidine groups is 1. The van der Waals surface area contributed by atoms with Gasteiger partial charge in [-0.1, -0.05) is 30.3 Å². The maximum atomic E-state index is 5.63. The van der Waals surface area contributed by atoms with Crippen LogP contribution in [-0.4, -0.2) is 49.1 Å². The first kappa shape index (κ1) is 23.7. The molecule has 0 bridgehead atoms. The Morgan fingerprint density at radius 3 is 2.52 bits per heavy atom. The molecule has 2 heterocycles. The molecule has 0 spiro atoms. The highest BCUT2D eigenvalue weighted by Gasteiger charge is 2.34. The molecule has 0 atom stereocenters. The fourth-order valence-electron chi connectivity index (χ4n) is 3.93. The van der Waals surface area contributed by atoms with Crippen LogP contribution in [0.1, 0.15) is 36.2 Å². The molecule has 3 rings (SSSR count). The Balaban J connectivity index is 0.00000300. The summed E-state index contributed by atoms with van der Waals surface area (Å²) in [6, 6.07) is 12.9. The Bertz CT molecular complexity index is 769. The number of ether oxygens (including phenoxy) is 1. The summed E-state index contributed by atoms with van der Waals surface area (Å²) in [6.07, 6.45) is 3.05. The van der Waals surface area contributed by atoms with Gasteiger partial charge in [-0.3, -0.25) is 9.67 Å². The third-order valence-electron chi connectivity index (χ3n) is 5.60. The lowest BCUT2D eigenvalue weighted by Crippen LogP contribution is -2.48. The van der Waals surface area contributed by atoms with E-state index < -0.39 is 0 Å². The van der Waals surface area contributed by atoms with Crippen LogP contribution in [0.3, 0.4) is 0 Å². The largest absolute Gasteiger partial charge is 0.381 e. The Hall–Kier alpha value is -1.61. The molecular formula is C22H34IN5O. The Labute approximate surface area is 191 Å². The van der Waals surface area contributed by atoms with Gasteiger partial charge in [0.15, 0.2) is 5.96 Å². The Morgan fingerprint density at radius 1 is 1.17 bits per heavy atom. The molecule has 0 unspecified atom stereocenters. The van der Waals surface area contributed by atoms with Crippen LogP contribution in [0.15, 0.2) is 41.4 Å². The fraction of sp³-hybridized carbons (Fsp3) is 0.545. The van der Waals surface area contributed by atoms with Gasteiger partial charge in [-0.05, 0) is 44.7 Å². The molecule has 2 N–H and O–H groups in total. The van der Waals surface area contributed by atoms with Crippen LogP contribution in [0.2, 0.25) is 0 Å². The smallest absolute Gasteiger partial charge is 0.191 e. The van der Waals surface area contributed by atoms with Crippen molar-refractivity contribution in [2.24, 2.45) is 4.99 Å². The van der Waals surface area contributed by atoms with Crippen molar-refractivity contribution in [3.8, 4) is 0 Å². The SMILES string of the molecule is CN=C(NCCCn1nc(C)cc1C)NCC1(c2ccccc2)CCOCC1.I. The average molecular weight is 511 g/mol. The number of hydrogen-bond acceptors (Lipinski definition) is 3. The van der Waals surface area contributed by atoms with E-state index in [1.807, 2.05) is 14.0 Å². The standard InChI is InChI=1S/C22H33N5O.HI/c1-18-16-19(2)27(26-18)13-7-12-24-21(23-3)25-17-22(10-14-28-15-11-22)20-8-5-4-6-9-20;/h4-6,8-9,16H,7,10-15,17H2,1-3H3,(H2,23,24,25);1H. The third-order valence-corrected chi connectivity index (χ3v) is 5.60. The molecule has 1 fully saturated rings. The zero-order chi connectivity index (χ0) is 19.8. The molecule has 2 aromatic rings. The molecular weight excluding hydrogens is 477 g/mol. The van der Waals surface area contributed by atoms with Gasteiger partial charge in [0.1, 0.15) is 0 Å². The lowest BCUT2D eigenvalue weighted by molar-refractivity contribution is 0.0514. The number of benzene rings is 1. The second-order valence-electron chi connectivity index (χ2n) is 7.62. The number of nitrogens with one attached hydrogen (secondary N) is 2. The summed E-state index contributed by atoms with van der Waals surface area (Å²) in [5, 5.41) is 11.5. The lowest BCUT2D eigenvalue weighted by Gasteiger charge is -2.38. The first-order valence-electron chi connectivity index (χ1n) is 10.2. The number of aryl methyl sites for hydroxylation is 3.